The van der Waals surface area contributed by atoms with Crippen molar-refractivity contribution in [2.45, 2.75) is 24.7 Å². The van der Waals surface area contributed by atoms with E-state index in [1.807, 2.05) is 30.3 Å². The van der Waals surface area contributed by atoms with Crippen molar-refractivity contribution in [3.05, 3.63) is 72.3 Å². The van der Waals surface area contributed by atoms with Crippen LogP contribution in [0.25, 0.3) is 10.8 Å². The van der Waals surface area contributed by atoms with E-state index >= 15 is 0 Å². The number of benzene rings is 3. The van der Waals surface area contributed by atoms with Gasteiger partial charge in [-0.3, -0.25) is 4.79 Å². The first-order valence-corrected chi connectivity index (χ1v) is 9.12. The molecule has 2 nitrogen and oxygen atoms in total. The number of para-hydroxylation sites is 1. The lowest BCUT2D eigenvalue weighted by atomic mass is 10.0. The number of carbonyl (C=O) groups excluding carboxylic acids is 1. The highest BCUT2D eigenvalue weighted by Gasteiger charge is 2.09. The Bertz CT molecular complexity index is 857. The van der Waals surface area contributed by atoms with Crippen LogP contribution in [0.3, 0.4) is 0 Å². The largest absolute Gasteiger partial charge is 0.325 e. The number of fused-ring (bicyclic) bond motifs is 1. The van der Waals surface area contributed by atoms with Crippen molar-refractivity contribution in [3.8, 4) is 0 Å². The second-order valence-corrected chi connectivity index (χ2v) is 7.14. The van der Waals surface area contributed by atoms with Crippen LogP contribution in [-0.2, 0) is 4.79 Å². The van der Waals surface area contributed by atoms with Crippen LogP contribution in [0.15, 0.2) is 71.6 Å². The molecule has 24 heavy (non-hydrogen) atoms. The summed E-state index contributed by atoms with van der Waals surface area (Å²) < 4.78 is 0. The van der Waals surface area contributed by atoms with E-state index in [-0.39, 0.29) is 5.91 Å². The Balaban J connectivity index is 1.65. The summed E-state index contributed by atoms with van der Waals surface area (Å²) >= 11 is 1.56. The molecule has 0 fully saturated rings. The molecular weight excluding hydrogens is 314 g/mol. The van der Waals surface area contributed by atoms with Crippen LogP contribution in [0.5, 0.6) is 0 Å². The van der Waals surface area contributed by atoms with Gasteiger partial charge in [-0.25, -0.2) is 0 Å². The molecule has 0 spiro atoms. The third-order valence-corrected chi connectivity index (χ3v) is 4.94. The zero-order chi connectivity index (χ0) is 16.9. The molecule has 0 aliphatic rings. The second-order valence-electron chi connectivity index (χ2n) is 6.09. The third-order valence-electron chi connectivity index (χ3n) is 3.95. The van der Waals surface area contributed by atoms with Crippen LogP contribution in [0.4, 0.5) is 5.69 Å². The van der Waals surface area contributed by atoms with Gasteiger partial charge in [0.05, 0.1) is 5.75 Å². The number of thioether (sulfide) groups is 1. The first-order valence-electron chi connectivity index (χ1n) is 8.14. The van der Waals surface area contributed by atoms with Gasteiger partial charge in [0.1, 0.15) is 0 Å². The normalized spacial score (nSPS) is 11.0. The van der Waals surface area contributed by atoms with Crippen molar-refractivity contribution < 1.29 is 4.79 Å². The molecule has 3 aromatic carbocycles. The van der Waals surface area contributed by atoms with E-state index < -0.39 is 0 Å². The second kappa shape index (κ2) is 7.54. The fraction of sp³-hybridized carbons (Fsp3) is 0.190. The van der Waals surface area contributed by atoms with E-state index in [1.54, 1.807) is 11.8 Å². The molecule has 3 heteroatoms. The predicted octanol–water partition coefficient (Wildman–Crippen LogP) is 5.69. The molecule has 0 unspecified atom stereocenters. The van der Waals surface area contributed by atoms with Crippen molar-refractivity contribution in [1.29, 1.82) is 0 Å². The van der Waals surface area contributed by atoms with Gasteiger partial charge in [-0.15, -0.1) is 11.8 Å². The van der Waals surface area contributed by atoms with Gasteiger partial charge >= 0.3 is 0 Å². The lowest BCUT2D eigenvalue weighted by molar-refractivity contribution is -0.113. The monoisotopic (exact) mass is 335 g/mol. The molecule has 3 aromatic rings. The van der Waals surface area contributed by atoms with Crippen molar-refractivity contribution in [2.75, 3.05) is 11.1 Å². The van der Waals surface area contributed by atoms with E-state index in [0.29, 0.717) is 11.7 Å². The number of rotatable bonds is 5. The summed E-state index contributed by atoms with van der Waals surface area (Å²) in [7, 11) is 0. The van der Waals surface area contributed by atoms with Gasteiger partial charge in [0.25, 0.3) is 0 Å². The van der Waals surface area contributed by atoms with Crippen LogP contribution in [0.2, 0.25) is 0 Å². The van der Waals surface area contributed by atoms with E-state index in [2.05, 4.69) is 55.6 Å². The number of hydrogen-bond donors (Lipinski definition) is 1. The van der Waals surface area contributed by atoms with E-state index in [1.165, 1.54) is 16.3 Å². The van der Waals surface area contributed by atoms with Crippen LogP contribution in [-0.4, -0.2) is 11.7 Å². The molecule has 0 aliphatic carbocycles. The van der Waals surface area contributed by atoms with E-state index in [0.717, 1.165) is 10.6 Å². The number of amides is 1. The maximum atomic E-state index is 12.3. The van der Waals surface area contributed by atoms with Gasteiger partial charge in [0, 0.05) is 10.6 Å². The number of anilines is 1. The standard InChI is InChI=1S/C21H21NOS/c1-15(2)19-9-5-6-10-20(19)22-21(23)14-24-18-12-11-16-7-3-4-8-17(16)13-18/h3-13,15H,14H2,1-2H3,(H,22,23). The molecule has 0 saturated carbocycles. The molecule has 0 atom stereocenters. The minimum absolute atomic E-state index is 0.0289. The van der Waals surface area contributed by atoms with E-state index in [4.69, 9.17) is 0 Å². The molecule has 3 rings (SSSR count). The van der Waals surface area contributed by atoms with Crippen LogP contribution >= 0.6 is 11.8 Å². The van der Waals surface area contributed by atoms with Gasteiger partial charge in [-0.2, -0.15) is 0 Å². The summed E-state index contributed by atoms with van der Waals surface area (Å²) in [6.07, 6.45) is 0. The maximum Gasteiger partial charge on any atom is 0.234 e. The zero-order valence-corrected chi connectivity index (χ0v) is 14.8. The van der Waals surface area contributed by atoms with Crippen LogP contribution < -0.4 is 5.32 Å². The highest BCUT2D eigenvalue weighted by atomic mass is 32.2. The van der Waals surface area contributed by atoms with Gasteiger partial charge in [0.15, 0.2) is 0 Å². The molecule has 0 saturated heterocycles. The molecule has 0 bridgehead atoms. The van der Waals surface area contributed by atoms with Crippen molar-refractivity contribution >= 4 is 34.1 Å². The first-order chi connectivity index (χ1) is 11.6. The number of hydrogen-bond acceptors (Lipinski definition) is 2. The minimum atomic E-state index is 0.0289. The Morgan fingerprint density at radius 3 is 2.46 bits per heavy atom. The molecular formula is C21H21NOS. The fourth-order valence-electron chi connectivity index (χ4n) is 2.71. The lowest BCUT2D eigenvalue weighted by Crippen LogP contribution is -2.15. The lowest BCUT2D eigenvalue weighted by Gasteiger charge is -2.13. The SMILES string of the molecule is CC(C)c1ccccc1NC(=O)CSc1ccc2ccccc2c1. The summed E-state index contributed by atoms with van der Waals surface area (Å²) in [5.74, 6) is 0.820. The Labute approximate surface area is 147 Å². The Kier molecular flexibility index (Phi) is 5.21. The van der Waals surface area contributed by atoms with Gasteiger partial charge in [0.2, 0.25) is 5.91 Å². The topological polar surface area (TPSA) is 29.1 Å². The van der Waals surface area contributed by atoms with Gasteiger partial charge in [-0.05, 0) is 40.5 Å². The van der Waals surface area contributed by atoms with E-state index in [9.17, 15) is 4.79 Å². The molecule has 1 N–H and O–H groups in total. The molecule has 1 amide bonds. The van der Waals surface area contributed by atoms with Crippen LogP contribution in [0.1, 0.15) is 25.3 Å². The highest BCUT2D eigenvalue weighted by Crippen LogP contribution is 2.26. The number of carbonyl (C=O) groups is 1. The average molecular weight is 335 g/mol. The smallest absolute Gasteiger partial charge is 0.234 e. The first kappa shape index (κ1) is 16.6. The quantitative estimate of drug-likeness (QED) is 0.606. The van der Waals surface area contributed by atoms with Crippen LogP contribution in [0, 0.1) is 0 Å². The van der Waals surface area contributed by atoms with Gasteiger partial charge in [-0.1, -0.05) is 62.4 Å². The van der Waals surface area contributed by atoms with Crippen molar-refractivity contribution in [2.24, 2.45) is 0 Å². The minimum Gasteiger partial charge on any atom is -0.325 e. The molecule has 0 aromatic heterocycles. The maximum absolute atomic E-state index is 12.3. The highest BCUT2D eigenvalue weighted by molar-refractivity contribution is 8.00. The zero-order valence-electron chi connectivity index (χ0n) is 14.0. The summed E-state index contributed by atoms with van der Waals surface area (Å²) in [6.45, 7) is 4.27. The summed E-state index contributed by atoms with van der Waals surface area (Å²) in [6, 6.07) is 22.6. The van der Waals surface area contributed by atoms with Gasteiger partial charge < -0.3 is 5.32 Å². The molecule has 122 valence electrons. The third kappa shape index (κ3) is 3.98. The average Bonchev–Trinajstić information content (AvgIpc) is 2.60. The number of nitrogens with one attached hydrogen (secondary N) is 1. The Hall–Kier alpha value is -2.26. The summed E-state index contributed by atoms with van der Waals surface area (Å²) in [4.78, 5) is 13.4. The predicted molar refractivity (Wildman–Crippen MR) is 104 cm³/mol. The summed E-state index contributed by atoms with van der Waals surface area (Å²) in [5, 5.41) is 5.46. The molecule has 0 heterocycles. The molecule has 0 radical (unpaired) electrons. The fourth-order valence-corrected chi connectivity index (χ4v) is 3.45. The Morgan fingerprint density at radius 2 is 1.67 bits per heavy atom. The molecule has 0 aliphatic heterocycles. The summed E-state index contributed by atoms with van der Waals surface area (Å²) in [5.41, 5.74) is 2.08. The van der Waals surface area contributed by atoms with Crippen molar-refractivity contribution in [3.63, 3.8) is 0 Å². The Morgan fingerprint density at radius 1 is 0.958 bits per heavy atom. The van der Waals surface area contributed by atoms with Crippen molar-refractivity contribution in [1.82, 2.24) is 0 Å².